The first kappa shape index (κ1) is 26.2. The Morgan fingerprint density at radius 1 is 1.00 bits per heavy atom. The van der Waals surface area contributed by atoms with Gasteiger partial charge in [0.2, 0.25) is 0 Å². The second-order valence-electron chi connectivity index (χ2n) is 9.34. The number of benzene rings is 3. The van der Waals surface area contributed by atoms with Gasteiger partial charge >= 0.3 is 6.03 Å². The molecule has 40 heavy (non-hydrogen) atoms. The number of methoxy groups -OCH3 is 1. The first-order valence-electron chi connectivity index (χ1n) is 12.3. The highest BCUT2D eigenvalue weighted by molar-refractivity contribution is 6.14. The summed E-state index contributed by atoms with van der Waals surface area (Å²) in [6, 6.07) is 17.8. The topological polar surface area (TPSA) is 140 Å². The quantitative estimate of drug-likeness (QED) is 0.154. The van der Waals surface area contributed by atoms with Crippen molar-refractivity contribution in [1.82, 2.24) is 20.0 Å². The van der Waals surface area contributed by atoms with Crippen molar-refractivity contribution in [1.29, 1.82) is 0 Å². The van der Waals surface area contributed by atoms with Gasteiger partial charge in [0.25, 0.3) is 17.2 Å². The Kier molecular flexibility index (Phi) is 6.78. The molecule has 0 unspecified atom stereocenters. The molecule has 202 valence electrons. The van der Waals surface area contributed by atoms with Gasteiger partial charge in [0.15, 0.2) is 0 Å². The van der Waals surface area contributed by atoms with Crippen LogP contribution in [0.5, 0.6) is 5.75 Å². The molecule has 2 heterocycles. The zero-order chi connectivity index (χ0) is 28.6. The van der Waals surface area contributed by atoms with Gasteiger partial charge in [-0.15, -0.1) is 0 Å². The van der Waals surface area contributed by atoms with Crippen LogP contribution in [0.4, 0.5) is 10.5 Å². The summed E-state index contributed by atoms with van der Waals surface area (Å²) < 4.78 is 6.92. The number of non-ortho nitro benzene ring substituents is 1. The fourth-order valence-corrected chi connectivity index (χ4v) is 4.68. The number of nitrogens with zero attached hydrogens (tertiary/aromatic N) is 3. The Bertz CT molecular complexity index is 1770. The van der Waals surface area contributed by atoms with E-state index >= 15 is 0 Å². The third-order valence-corrected chi connectivity index (χ3v) is 6.61. The van der Waals surface area contributed by atoms with Crippen molar-refractivity contribution in [3.05, 3.63) is 115 Å². The first-order chi connectivity index (χ1) is 19.2. The van der Waals surface area contributed by atoms with Crippen LogP contribution in [0.25, 0.3) is 23.0 Å². The fraction of sp³-hybridized carbons (Fsp3) is 0.138. The minimum Gasteiger partial charge on any atom is -0.496 e. The van der Waals surface area contributed by atoms with Crippen LogP contribution in [-0.2, 0) is 11.3 Å². The minimum absolute atomic E-state index is 0.101. The van der Waals surface area contributed by atoms with Gasteiger partial charge in [-0.3, -0.25) is 29.7 Å². The molecule has 1 fully saturated rings. The molecular formula is C29H25N5O6. The van der Waals surface area contributed by atoms with Crippen molar-refractivity contribution >= 4 is 23.7 Å². The van der Waals surface area contributed by atoms with Crippen LogP contribution < -0.4 is 15.6 Å². The van der Waals surface area contributed by atoms with Crippen LogP contribution in [0.1, 0.15) is 22.3 Å². The maximum Gasteiger partial charge on any atom is 0.329 e. The molecular weight excluding hydrogens is 514 g/mol. The Hall–Kier alpha value is -5.45. The molecule has 3 aromatic carbocycles. The molecule has 1 saturated heterocycles. The second kappa shape index (κ2) is 10.4. The van der Waals surface area contributed by atoms with E-state index in [0.717, 1.165) is 16.0 Å². The third kappa shape index (κ3) is 4.75. The average Bonchev–Trinajstić information content (AvgIpc) is 3.39. The maximum absolute atomic E-state index is 13.8. The number of ether oxygens (including phenoxy) is 1. The van der Waals surface area contributed by atoms with Crippen molar-refractivity contribution in [2.45, 2.75) is 20.4 Å². The van der Waals surface area contributed by atoms with Crippen molar-refractivity contribution in [2.75, 3.05) is 7.11 Å². The van der Waals surface area contributed by atoms with Gasteiger partial charge in [0.05, 0.1) is 35.5 Å². The molecule has 1 aliphatic rings. The van der Waals surface area contributed by atoms with E-state index in [1.807, 2.05) is 32.0 Å². The highest BCUT2D eigenvalue weighted by Crippen LogP contribution is 2.32. The molecule has 0 bridgehead atoms. The lowest BCUT2D eigenvalue weighted by molar-refractivity contribution is -0.384. The molecule has 4 aromatic rings. The Morgan fingerprint density at radius 2 is 1.77 bits per heavy atom. The lowest BCUT2D eigenvalue weighted by atomic mass is 10.1. The molecule has 0 aliphatic carbocycles. The number of amides is 3. The Morgan fingerprint density at radius 3 is 2.50 bits per heavy atom. The minimum atomic E-state index is -0.702. The lowest BCUT2D eigenvalue weighted by Gasteiger charge is -2.11. The van der Waals surface area contributed by atoms with Gasteiger partial charge in [0.1, 0.15) is 11.4 Å². The van der Waals surface area contributed by atoms with Gasteiger partial charge in [-0.25, -0.2) is 9.48 Å². The number of para-hydroxylation sites is 1. The van der Waals surface area contributed by atoms with Gasteiger partial charge < -0.3 is 10.1 Å². The summed E-state index contributed by atoms with van der Waals surface area (Å²) in [5.41, 5.74) is 3.38. The first-order valence-corrected chi connectivity index (χ1v) is 12.3. The number of rotatable bonds is 7. The molecule has 0 radical (unpaired) electrons. The number of imide groups is 1. The number of aromatic amines is 1. The predicted octanol–water partition coefficient (Wildman–Crippen LogP) is 4.46. The highest BCUT2D eigenvalue weighted by atomic mass is 16.6. The van der Waals surface area contributed by atoms with Crippen molar-refractivity contribution in [3.8, 4) is 22.7 Å². The zero-order valence-electron chi connectivity index (χ0n) is 21.9. The number of aromatic nitrogens is 2. The number of aryl methyl sites for hydroxylation is 2. The molecule has 0 spiro atoms. The number of hydrogen-bond acceptors (Lipinski definition) is 6. The number of H-pyrrole nitrogens is 1. The molecule has 2 N–H and O–H groups in total. The molecule has 0 saturated carbocycles. The van der Waals surface area contributed by atoms with Crippen molar-refractivity contribution in [2.24, 2.45) is 0 Å². The smallest absolute Gasteiger partial charge is 0.329 e. The summed E-state index contributed by atoms with van der Waals surface area (Å²) in [4.78, 5) is 51.4. The van der Waals surface area contributed by atoms with E-state index in [1.54, 1.807) is 30.3 Å². The number of nitrogens with one attached hydrogen (secondary N) is 2. The fourth-order valence-electron chi connectivity index (χ4n) is 4.68. The summed E-state index contributed by atoms with van der Waals surface area (Å²) in [7, 11) is 1.52. The summed E-state index contributed by atoms with van der Waals surface area (Å²) in [5.74, 6) is -0.161. The van der Waals surface area contributed by atoms with Crippen molar-refractivity contribution < 1.29 is 19.2 Å². The number of nitro groups is 1. The number of carbonyl (C=O) groups is 2. The Labute approximate surface area is 228 Å². The number of nitro benzene ring substituents is 1. The van der Waals surface area contributed by atoms with E-state index in [1.165, 1.54) is 36.1 Å². The van der Waals surface area contributed by atoms with Gasteiger partial charge in [-0.1, -0.05) is 42.0 Å². The summed E-state index contributed by atoms with van der Waals surface area (Å²) >= 11 is 0. The molecule has 11 nitrogen and oxygen atoms in total. The zero-order valence-corrected chi connectivity index (χ0v) is 21.9. The van der Waals surface area contributed by atoms with Crippen LogP contribution in [-0.4, -0.2) is 38.7 Å². The molecule has 3 amide bonds. The van der Waals surface area contributed by atoms with Gasteiger partial charge in [-0.2, -0.15) is 0 Å². The van der Waals surface area contributed by atoms with Crippen molar-refractivity contribution in [3.63, 3.8) is 0 Å². The normalized spacial score (nSPS) is 14.1. The molecule has 0 atom stereocenters. The number of hydrogen-bond donors (Lipinski definition) is 2. The Balaban J connectivity index is 1.60. The lowest BCUT2D eigenvalue weighted by Crippen LogP contribution is -2.30. The van der Waals surface area contributed by atoms with E-state index in [9.17, 15) is 24.5 Å². The standard InChI is InChI=1S/C29H25N5O6/c1-17-11-12-24(18(2)13-17)33-27(35)22(26(31-33)21-9-4-5-10-25(21)40-3)15-23-28(36)32(29(37)30-23)16-19-7-6-8-20(14-19)34(38)39/h4-15,31H,16H2,1-3H3,(H,30,37)/b23-15-. The van der Waals surface area contributed by atoms with Gasteiger partial charge in [0, 0.05) is 17.7 Å². The molecule has 1 aliphatic heterocycles. The van der Waals surface area contributed by atoms with Crippen LogP contribution >= 0.6 is 0 Å². The largest absolute Gasteiger partial charge is 0.496 e. The third-order valence-electron chi connectivity index (χ3n) is 6.61. The number of urea groups is 1. The van der Waals surface area contributed by atoms with E-state index in [4.69, 9.17) is 4.74 Å². The monoisotopic (exact) mass is 539 g/mol. The van der Waals surface area contributed by atoms with E-state index in [2.05, 4.69) is 10.4 Å². The molecule has 5 rings (SSSR count). The average molecular weight is 540 g/mol. The maximum atomic E-state index is 13.8. The summed E-state index contributed by atoms with van der Waals surface area (Å²) in [6.45, 7) is 3.67. The van der Waals surface area contributed by atoms with Crippen LogP contribution in [0.2, 0.25) is 0 Å². The second-order valence-corrected chi connectivity index (χ2v) is 9.34. The molecule has 11 heteroatoms. The molecule has 1 aromatic heterocycles. The van der Waals surface area contributed by atoms with Gasteiger partial charge in [-0.05, 0) is 49.2 Å². The van der Waals surface area contributed by atoms with Crippen LogP contribution in [0.15, 0.2) is 77.2 Å². The summed E-state index contributed by atoms with van der Waals surface area (Å²) in [5, 5.41) is 16.8. The van der Waals surface area contributed by atoms with E-state index < -0.39 is 22.4 Å². The van der Waals surface area contributed by atoms with E-state index in [0.29, 0.717) is 28.3 Å². The number of carbonyl (C=O) groups excluding carboxylic acids is 2. The van der Waals surface area contributed by atoms with Crippen LogP contribution in [0.3, 0.4) is 0 Å². The SMILES string of the molecule is COc1ccccc1-c1[nH]n(-c2ccc(C)cc2C)c(=O)c1/C=C1\NC(=O)N(Cc2cccc([N+](=O)[O-])c2)C1=O. The van der Waals surface area contributed by atoms with Crippen LogP contribution in [0, 0.1) is 24.0 Å². The predicted molar refractivity (Wildman–Crippen MR) is 148 cm³/mol. The summed E-state index contributed by atoms with van der Waals surface area (Å²) in [6.07, 6.45) is 1.34. The van der Waals surface area contributed by atoms with E-state index in [-0.39, 0.29) is 23.5 Å². The highest BCUT2D eigenvalue weighted by Gasteiger charge is 2.34.